The van der Waals surface area contributed by atoms with Crippen LogP contribution in [0.15, 0.2) is 18.2 Å². The van der Waals surface area contributed by atoms with Crippen molar-refractivity contribution in [2.75, 3.05) is 11.4 Å². The van der Waals surface area contributed by atoms with E-state index < -0.39 is 4.92 Å². The SMILES string of the molecule is CCCCN(c1ccc([N+](=O)[O-])c(CO)c1)C1CC1. The lowest BCUT2D eigenvalue weighted by Crippen LogP contribution is -2.26. The number of anilines is 1. The number of nitro benzene ring substituents is 1. The number of rotatable bonds is 7. The summed E-state index contributed by atoms with van der Waals surface area (Å²) in [5.74, 6) is 0. The van der Waals surface area contributed by atoms with Crippen molar-refractivity contribution in [3.63, 3.8) is 0 Å². The average molecular weight is 264 g/mol. The first-order valence-corrected chi connectivity index (χ1v) is 6.82. The third kappa shape index (κ3) is 3.23. The second-order valence-electron chi connectivity index (χ2n) is 5.01. The fourth-order valence-corrected chi connectivity index (χ4v) is 2.29. The van der Waals surface area contributed by atoms with Crippen molar-refractivity contribution in [2.45, 2.75) is 45.3 Å². The van der Waals surface area contributed by atoms with Gasteiger partial charge in [0.05, 0.1) is 17.1 Å². The molecule has 0 heterocycles. The smallest absolute Gasteiger partial charge is 0.275 e. The first-order valence-electron chi connectivity index (χ1n) is 6.82. The number of aliphatic hydroxyl groups excluding tert-OH is 1. The third-order valence-electron chi connectivity index (χ3n) is 3.50. The number of aliphatic hydroxyl groups is 1. The molecule has 104 valence electrons. The van der Waals surface area contributed by atoms with Crippen molar-refractivity contribution in [1.82, 2.24) is 0 Å². The van der Waals surface area contributed by atoms with Crippen molar-refractivity contribution in [1.29, 1.82) is 0 Å². The third-order valence-corrected chi connectivity index (χ3v) is 3.50. The molecular weight excluding hydrogens is 244 g/mol. The molecule has 1 saturated carbocycles. The summed E-state index contributed by atoms with van der Waals surface area (Å²) >= 11 is 0. The molecule has 0 bridgehead atoms. The summed E-state index contributed by atoms with van der Waals surface area (Å²) in [4.78, 5) is 12.7. The first-order chi connectivity index (χ1) is 9.17. The maximum Gasteiger partial charge on any atom is 0.275 e. The van der Waals surface area contributed by atoms with Crippen LogP contribution in [0, 0.1) is 10.1 Å². The minimum absolute atomic E-state index is 0.00233. The molecule has 5 nitrogen and oxygen atoms in total. The highest BCUT2D eigenvalue weighted by atomic mass is 16.6. The summed E-state index contributed by atoms with van der Waals surface area (Å²) < 4.78 is 0. The van der Waals surface area contributed by atoms with E-state index in [0.29, 0.717) is 11.6 Å². The normalized spacial score (nSPS) is 14.4. The molecule has 0 radical (unpaired) electrons. The Balaban J connectivity index is 2.24. The van der Waals surface area contributed by atoms with Gasteiger partial charge >= 0.3 is 0 Å². The maximum absolute atomic E-state index is 10.9. The van der Waals surface area contributed by atoms with Crippen LogP contribution in [0.2, 0.25) is 0 Å². The Hall–Kier alpha value is -1.62. The van der Waals surface area contributed by atoms with E-state index in [1.165, 1.54) is 18.9 Å². The molecule has 0 saturated heterocycles. The Morgan fingerprint density at radius 2 is 2.21 bits per heavy atom. The topological polar surface area (TPSA) is 66.6 Å². The number of hydrogen-bond acceptors (Lipinski definition) is 4. The summed E-state index contributed by atoms with van der Waals surface area (Å²) in [5, 5.41) is 20.1. The number of benzene rings is 1. The molecule has 1 aromatic carbocycles. The fourth-order valence-electron chi connectivity index (χ4n) is 2.29. The molecule has 1 N–H and O–H groups in total. The quantitative estimate of drug-likeness (QED) is 0.607. The molecule has 0 spiro atoms. The van der Waals surface area contributed by atoms with E-state index >= 15 is 0 Å². The van der Waals surface area contributed by atoms with Crippen molar-refractivity contribution in [3.05, 3.63) is 33.9 Å². The lowest BCUT2D eigenvalue weighted by atomic mass is 10.1. The molecule has 0 atom stereocenters. The van der Waals surface area contributed by atoms with Gasteiger partial charge in [-0.15, -0.1) is 0 Å². The summed E-state index contributed by atoms with van der Waals surface area (Å²) in [6.45, 7) is 2.83. The van der Waals surface area contributed by atoms with Gasteiger partial charge in [0, 0.05) is 24.3 Å². The molecule has 19 heavy (non-hydrogen) atoms. The van der Waals surface area contributed by atoms with Crippen molar-refractivity contribution < 1.29 is 10.0 Å². The van der Waals surface area contributed by atoms with Crippen molar-refractivity contribution in [2.24, 2.45) is 0 Å². The molecular formula is C14H20N2O3. The molecule has 1 aliphatic carbocycles. The van der Waals surface area contributed by atoms with Crippen LogP contribution in [-0.4, -0.2) is 22.6 Å². The molecule has 5 heteroatoms. The predicted molar refractivity (Wildman–Crippen MR) is 74.3 cm³/mol. The molecule has 0 aliphatic heterocycles. The van der Waals surface area contributed by atoms with Gasteiger partial charge in [0.25, 0.3) is 5.69 Å². The Bertz CT molecular complexity index is 458. The Morgan fingerprint density at radius 3 is 2.74 bits per heavy atom. The van der Waals surface area contributed by atoms with Crippen molar-refractivity contribution >= 4 is 11.4 Å². The van der Waals surface area contributed by atoms with E-state index in [2.05, 4.69) is 11.8 Å². The highest BCUT2D eigenvalue weighted by Gasteiger charge is 2.29. The second kappa shape index (κ2) is 6.02. The lowest BCUT2D eigenvalue weighted by molar-refractivity contribution is -0.385. The van der Waals surface area contributed by atoms with Gasteiger partial charge in [0.1, 0.15) is 0 Å². The van der Waals surface area contributed by atoms with Crippen LogP contribution in [0.4, 0.5) is 11.4 Å². The Labute approximate surface area is 113 Å². The zero-order valence-corrected chi connectivity index (χ0v) is 11.2. The summed E-state index contributed by atoms with van der Waals surface area (Å²) in [6, 6.07) is 5.62. The largest absolute Gasteiger partial charge is 0.391 e. The Morgan fingerprint density at radius 1 is 1.47 bits per heavy atom. The molecule has 0 amide bonds. The molecule has 0 aromatic heterocycles. The fraction of sp³-hybridized carbons (Fsp3) is 0.571. The standard InChI is InChI=1S/C14H20N2O3/c1-2-3-8-15(12-4-5-12)13-6-7-14(16(18)19)11(9-13)10-17/h6-7,9,12,17H,2-5,8,10H2,1H3. The number of nitrogens with zero attached hydrogens (tertiary/aromatic N) is 2. The summed E-state index contributed by atoms with van der Waals surface area (Å²) in [7, 11) is 0. The highest BCUT2D eigenvalue weighted by Crippen LogP contribution is 2.34. The van der Waals surface area contributed by atoms with Crippen LogP contribution in [0.1, 0.15) is 38.2 Å². The van der Waals surface area contributed by atoms with E-state index in [1.54, 1.807) is 12.1 Å². The maximum atomic E-state index is 10.9. The molecule has 1 fully saturated rings. The van der Waals surface area contributed by atoms with Gasteiger partial charge in [-0.2, -0.15) is 0 Å². The minimum atomic E-state index is -0.442. The van der Waals surface area contributed by atoms with Crippen LogP contribution < -0.4 is 4.90 Å². The summed E-state index contributed by atoms with van der Waals surface area (Å²) in [5.41, 5.74) is 1.38. The Kier molecular flexibility index (Phi) is 4.37. The van der Waals surface area contributed by atoms with Crippen LogP contribution in [0.3, 0.4) is 0 Å². The zero-order chi connectivity index (χ0) is 13.8. The monoisotopic (exact) mass is 264 g/mol. The van der Waals surface area contributed by atoms with Gasteiger partial charge in [0.15, 0.2) is 0 Å². The van der Waals surface area contributed by atoms with Crippen LogP contribution in [0.25, 0.3) is 0 Å². The van der Waals surface area contributed by atoms with Crippen molar-refractivity contribution in [3.8, 4) is 0 Å². The van der Waals surface area contributed by atoms with E-state index in [4.69, 9.17) is 0 Å². The van der Waals surface area contributed by atoms with Gasteiger partial charge in [-0.25, -0.2) is 0 Å². The van der Waals surface area contributed by atoms with E-state index in [1.807, 2.05) is 0 Å². The van der Waals surface area contributed by atoms with Crippen LogP contribution in [-0.2, 0) is 6.61 Å². The lowest BCUT2D eigenvalue weighted by Gasteiger charge is -2.25. The van der Waals surface area contributed by atoms with Gasteiger partial charge in [-0.1, -0.05) is 13.3 Å². The van der Waals surface area contributed by atoms with E-state index in [-0.39, 0.29) is 12.3 Å². The van der Waals surface area contributed by atoms with Crippen LogP contribution >= 0.6 is 0 Å². The average Bonchev–Trinajstić information content (AvgIpc) is 3.23. The number of hydrogen-bond donors (Lipinski definition) is 1. The van der Waals surface area contributed by atoms with Gasteiger partial charge in [-0.3, -0.25) is 10.1 Å². The zero-order valence-electron chi connectivity index (χ0n) is 11.2. The van der Waals surface area contributed by atoms with E-state index in [9.17, 15) is 15.2 Å². The van der Waals surface area contributed by atoms with E-state index in [0.717, 1.165) is 25.1 Å². The van der Waals surface area contributed by atoms with Gasteiger partial charge in [0.2, 0.25) is 0 Å². The van der Waals surface area contributed by atoms with Gasteiger partial charge < -0.3 is 10.0 Å². The van der Waals surface area contributed by atoms with Crippen LogP contribution in [0.5, 0.6) is 0 Å². The first kappa shape index (κ1) is 13.8. The molecule has 0 unspecified atom stereocenters. The number of unbranched alkanes of at least 4 members (excludes halogenated alkanes) is 1. The molecule has 2 rings (SSSR count). The second-order valence-corrected chi connectivity index (χ2v) is 5.01. The minimum Gasteiger partial charge on any atom is -0.391 e. The summed E-state index contributed by atoms with van der Waals surface area (Å²) in [6.07, 6.45) is 4.62. The molecule has 1 aliphatic rings. The molecule has 1 aromatic rings. The van der Waals surface area contributed by atoms with Gasteiger partial charge in [-0.05, 0) is 31.4 Å². The highest BCUT2D eigenvalue weighted by molar-refractivity contribution is 5.56. The predicted octanol–water partition coefficient (Wildman–Crippen LogP) is 2.86. The number of nitro groups is 1.